The van der Waals surface area contributed by atoms with Crippen molar-refractivity contribution in [1.82, 2.24) is 10.2 Å². The van der Waals surface area contributed by atoms with Crippen LogP contribution in [0.4, 0.5) is 4.79 Å². The first kappa shape index (κ1) is 22.8. The van der Waals surface area contributed by atoms with Crippen LogP contribution in [0.25, 0.3) is 11.1 Å². The van der Waals surface area contributed by atoms with Crippen molar-refractivity contribution in [3.05, 3.63) is 59.7 Å². The molecule has 2 atom stereocenters. The zero-order chi connectivity index (χ0) is 23.6. The number of carboxylic acids is 1. The second kappa shape index (κ2) is 9.25. The number of alkyl carbamates (subject to hydrolysis) is 1. The summed E-state index contributed by atoms with van der Waals surface area (Å²) in [5.74, 6) is -1.25. The van der Waals surface area contributed by atoms with E-state index < -0.39 is 17.6 Å². The summed E-state index contributed by atoms with van der Waals surface area (Å²) in [6.07, 6.45) is 1.04. The summed E-state index contributed by atoms with van der Waals surface area (Å²) < 4.78 is 5.63. The Bertz CT molecular complexity index is 1020. The molecule has 2 aromatic carbocycles. The van der Waals surface area contributed by atoms with Gasteiger partial charge in [-0.2, -0.15) is 0 Å². The van der Waals surface area contributed by atoms with Gasteiger partial charge in [0.1, 0.15) is 12.1 Å². The molecule has 2 aliphatic rings. The van der Waals surface area contributed by atoms with Gasteiger partial charge in [0.05, 0.1) is 6.42 Å². The first-order chi connectivity index (χ1) is 15.8. The number of aliphatic carboxylic acids is 1. The van der Waals surface area contributed by atoms with Gasteiger partial charge < -0.3 is 20.1 Å². The van der Waals surface area contributed by atoms with Gasteiger partial charge in [0.25, 0.3) is 0 Å². The zero-order valence-electron chi connectivity index (χ0n) is 19.0. The number of carbonyl (C=O) groups is 3. The van der Waals surface area contributed by atoms with E-state index in [9.17, 15) is 14.4 Å². The van der Waals surface area contributed by atoms with Gasteiger partial charge in [-0.25, -0.2) is 4.79 Å². The van der Waals surface area contributed by atoms with E-state index in [4.69, 9.17) is 9.84 Å². The van der Waals surface area contributed by atoms with Crippen molar-refractivity contribution in [1.29, 1.82) is 0 Å². The van der Waals surface area contributed by atoms with Crippen LogP contribution < -0.4 is 5.32 Å². The van der Waals surface area contributed by atoms with Crippen LogP contribution in [0.15, 0.2) is 48.5 Å². The maximum Gasteiger partial charge on any atom is 0.408 e. The normalized spacial score (nSPS) is 18.8. The summed E-state index contributed by atoms with van der Waals surface area (Å²) in [6.45, 7) is 4.16. The Morgan fingerprint density at radius 3 is 2.27 bits per heavy atom. The number of ether oxygens (including phenoxy) is 1. The minimum atomic E-state index is -1.16. The molecular formula is C26H30N2O5. The molecule has 7 heteroatoms. The van der Waals surface area contributed by atoms with E-state index in [2.05, 4.69) is 29.6 Å². The number of rotatable bonds is 7. The predicted octanol–water partition coefficient (Wildman–Crippen LogP) is 4.16. The van der Waals surface area contributed by atoms with Crippen LogP contribution >= 0.6 is 0 Å². The van der Waals surface area contributed by atoms with Crippen LogP contribution in [0.3, 0.4) is 0 Å². The van der Waals surface area contributed by atoms with E-state index in [1.54, 1.807) is 11.8 Å². The fourth-order valence-corrected chi connectivity index (χ4v) is 4.99. The van der Waals surface area contributed by atoms with Crippen molar-refractivity contribution in [2.75, 3.05) is 13.2 Å². The highest BCUT2D eigenvalue weighted by atomic mass is 16.5. The smallest absolute Gasteiger partial charge is 0.408 e. The fraction of sp³-hybridized carbons (Fsp3) is 0.423. The largest absolute Gasteiger partial charge is 0.481 e. The number of carboxylic acid groups (broad SMARTS) is 1. The zero-order valence-corrected chi connectivity index (χ0v) is 19.0. The van der Waals surface area contributed by atoms with Gasteiger partial charge in [-0.15, -0.1) is 0 Å². The fourth-order valence-electron chi connectivity index (χ4n) is 4.99. The van der Waals surface area contributed by atoms with Crippen molar-refractivity contribution in [2.24, 2.45) is 0 Å². The molecule has 1 aliphatic heterocycles. The second-order valence-electron chi connectivity index (χ2n) is 9.03. The maximum absolute atomic E-state index is 13.3. The minimum absolute atomic E-state index is 0.0646. The molecule has 2 N–H and O–H groups in total. The van der Waals surface area contributed by atoms with Crippen molar-refractivity contribution < 1.29 is 24.2 Å². The minimum Gasteiger partial charge on any atom is -0.481 e. The van der Waals surface area contributed by atoms with Crippen molar-refractivity contribution >= 4 is 18.0 Å². The van der Waals surface area contributed by atoms with E-state index in [0.717, 1.165) is 28.7 Å². The number of likely N-dealkylation sites (tertiary alicyclic amines) is 1. The molecule has 1 heterocycles. The molecule has 1 unspecified atom stereocenters. The first-order valence-corrected chi connectivity index (χ1v) is 11.5. The molecule has 0 bridgehead atoms. The molecule has 0 radical (unpaired) electrons. The second-order valence-corrected chi connectivity index (χ2v) is 9.03. The molecule has 1 aliphatic carbocycles. The van der Waals surface area contributed by atoms with E-state index >= 15 is 0 Å². The van der Waals surface area contributed by atoms with Crippen LogP contribution in [-0.2, 0) is 14.3 Å². The van der Waals surface area contributed by atoms with Crippen molar-refractivity contribution in [2.45, 2.75) is 57.0 Å². The highest BCUT2D eigenvalue weighted by Crippen LogP contribution is 2.44. The van der Waals surface area contributed by atoms with Crippen LogP contribution in [0.5, 0.6) is 0 Å². The van der Waals surface area contributed by atoms with E-state index in [1.165, 1.54) is 0 Å². The molecule has 4 rings (SSSR count). The molecule has 2 aromatic rings. The number of hydrogen-bond donors (Lipinski definition) is 2. The third kappa shape index (κ3) is 4.45. The number of nitrogens with one attached hydrogen (secondary N) is 1. The van der Waals surface area contributed by atoms with Crippen molar-refractivity contribution in [3.63, 3.8) is 0 Å². The van der Waals surface area contributed by atoms with Gasteiger partial charge in [-0.3, -0.25) is 9.59 Å². The lowest BCUT2D eigenvalue weighted by molar-refractivity contribution is -0.142. The average Bonchev–Trinajstić information content (AvgIpc) is 3.39. The first-order valence-electron chi connectivity index (χ1n) is 11.5. The molecule has 0 saturated carbocycles. The number of fused-ring (bicyclic) bond motifs is 3. The highest BCUT2D eigenvalue weighted by molar-refractivity contribution is 5.90. The van der Waals surface area contributed by atoms with Crippen LogP contribution in [0.2, 0.25) is 0 Å². The molecule has 33 heavy (non-hydrogen) atoms. The Hall–Kier alpha value is -3.35. The Kier molecular flexibility index (Phi) is 6.40. The number of amides is 2. The molecule has 174 valence electrons. The van der Waals surface area contributed by atoms with Crippen LogP contribution in [-0.4, -0.2) is 52.7 Å². The number of carbonyl (C=O) groups excluding carboxylic acids is 2. The van der Waals surface area contributed by atoms with Gasteiger partial charge in [0, 0.05) is 18.5 Å². The summed E-state index contributed by atoms with van der Waals surface area (Å²) >= 11 is 0. The van der Waals surface area contributed by atoms with Crippen molar-refractivity contribution in [3.8, 4) is 11.1 Å². The third-order valence-corrected chi connectivity index (χ3v) is 6.95. The molecule has 0 aromatic heterocycles. The van der Waals surface area contributed by atoms with Gasteiger partial charge in [0.2, 0.25) is 5.91 Å². The lowest BCUT2D eigenvalue weighted by Gasteiger charge is -2.35. The quantitative estimate of drug-likeness (QED) is 0.660. The number of benzene rings is 2. The summed E-state index contributed by atoms with van der Waals surface area (Å²) in [6, 6.07) is 15.9. The van der Waals surface area contributed by atoms with Gasteiger partial charge in [0.15, 0.2) is 0 Å². The van der Waals surface area contributed by atoms with Gasteiger partial charge >= 0.3 is 12.1 Å². The Morgan fingerprint density at radius 2 is 1.70 bits per heavy atom. The highest BCUT2D eigenvalue weighted by Gasteiger charge is 2.42. The summed E-state index contributed by atoms with van der Waals surface area (Å²) in [5, 5.41) is 11.9. The molecule has 1 saturated heterocycles. The third-order valence-electron chi connectivity index (χ3n) is 6.95. The lowest BCUT2D eigenvalue weighted by Crippen LogP contribution is -2.58. The number of hydrogen-bond acceptors (Lipinski definition) is 4. The molecular weight excluding hydrogens is 420 g/mol. The lowest BCUT2D eigenvalue weighted by atomic mass is 9.96. The Morgan fingerprint density at radius 1 is 1.09 bits per heavy atom. The average molecular weight is 451 g/mol. The Balaban J connectivity index is 1.44. The number of nitrogens with zero attached hydrogens (tertiary/aromatic N) is 1. The summed E-state index contributed by atoms with van der Waals surface area (Å²) in [4.78, 5) is 38.8. The van der Waals surface area contributed by atoms with E-state index in [-0.39, 0.29) is 30.9 Å². The van der Waals surface area contributed by atoms with Crippen LogP contribution in [0.1, 0.15) is 56.6 Å². The molecule has 7 nitrogen and oxygen atoms in total. The summed E-state index contributed by atoms with van der Waals surface area (Å²) in [7, 11) is 0. The molecule has 1 fully saturated rings. The maximum atomic E-state index is 13.3. The Labute approximate surface area is 193 Å². The van der Waals surface area contributed by atoms with Gasteiger partial charge in [-0.05, 0) is 48.4 Å². The SMILES string of the molecule is CCC(C)(NC(=O)OCC1c2ccccc2-c2ccccc21)C(=O)N1CCC[C@@H]1CC(=O)O. The summed E-state index contributed by atoms with van der Waals surface area (Å²) in [5.41, 5.74) is 3.37. The molecule has 2 amide bonds. The van der Waals surface area contributed by atoms with E-state index in [1.807, 2.05) is 31.2 Å². The van der Waals surface area contributed by atoms with Gasteiger partial charge in [-0.1, -0.05) is 55.5 Å². The predicted molar refractivity (Wildman–Crippen MR) is 124 cm³/mol. The van der Waals surface area contributed by atoms with Crippen LogP contribution in [0, 0.1) is 0 Å². The van der Waals surface area contributed by atoms with E-state index in [0.29, 0.717) is 19.4 Å². The monoisotopic (exact) mass is 450 g/mol. The molecule has 0 spiro atoms. The topological polar surface area (TPSA) is 95.9 Å². The standard InChI is InChI=1S/C26H30N2O5/c1-3-26(2,24(31)28-14-8-9-17(28)15-23(29)30)27-25(32)33-16-22-20-12-6-4-10-18(20)19-11-5-7-13-21(19)22/h4-7,10-13,17,22H,3,8-9,14-16H2,1-2H3,(H,27,32)(H,29,30)/t17-,26?/m1/s1.